The van der Waals surface area contributed by atoms with Gasteiger partial charge in [0.2, 0.25) is 18.2 Å². The van der Waals surface area contributed by atoms with Crippen LogP contribution in [-0.4, -0.2) is 86.6 Å². The van der Waals surface area contributed by atoms with E-state index >= 15 is 0 Å². The third kappa shape index (κ3) is 9.30. The maximum absolute atomic E-state index is 13.0. The van der Waals surface area contributed by atoms with Crippen LogP contribution in [0, 0.1) is 11.8 Å². The second kappa shape index (κ2) is 14.0. The molecule has 0 aliphatic carbocycles. The van der Waals surface area contributed by atoms with E-state index in [1.807, 2.05) is 88.9 Å². The first-order valence-corrected chi connectivity index (χ1v) is 16.4. The number of carbonyl (C=O) groups excluding carboxylic acids is 3. The zero-order chi connectivity index (χ0) is 33.9. The molecule has 0 spiro atoms. The molecule has 12 heteroatoms. The number of imidazole rings is 1. The van der Waals surface area contributed by atoms with E-state index in [9.17, 15) is 19.5 Å². The Morgan fingerprint density at radius 2 is 1.38 bits per heavy atom. The van der Waals surface area contributed by atoms with Crippen LogP contribution >= 0.6 is 0 Å². The summed E-state index contributed by atoms with van der Waals surface area (Å²) in [5, 5.41) is 16.4. The fraction of sp³-hybridized carbons (Fsp3) is 0.543. The molecule has 254 valence electrons. The highest BCUT2D eigenvalue weighted by Gasteiger charge is 2.31. The van der Waals surface area contributed by atoms with Crippen LogP contribution in [-0.2, 0) is 19.1 Å². The molecule has 5 rings (SSSR count). The zero-order valence-corrected chi connectivity index (χ0v) is 28.3. The molecule has 0 bridgehead atoms. The molecule has 1 aromatic heterocycles. The van der Waals surface area contributed by atoms with Crippen LogP contribution in [0.25, 0.3) is 22.4 Å². The first-order chi connectivity index (χ1) is 22.1. The van der Waals surface area contributed by atoms with Crippen molar-refractivity contribution in [2.45, 2.75) is 84.8 Å². The number of likely N-dealkylation sites (tertiary alicyclic amines) is 2. The minimum Gasteiger partial charge on any atom is -0.444 e. The molecule has 2 saturated heterocycles. The van der Waals surface area contributed by atoms with Gasteiger partial charge in [0.1, 0.15) is 11.4 Å². The summed E-state index contributed by atoms with van der Waals surface area (Å²) < 4.78 is 11.1. The van der Waals surface area contributed by atoms with Crippen LogP contribution in [0.4, 0.5) is 16.2 Å². The number of nitrogens with zero attached hydrogens (tertiary/aromatic N) is 3. The molecule has 2 aliphatic rings. The third-order valence-corrected chi connectivity index (χ3v) is 8.36. The standard InChI is InChI=1S/C35H48N6O6/c1-34(2,3)46-32(44)40-17-13-23(14-18-40)30(42)36-25-9-7-22(8-10-25)29-38-27-12-11-26(21-28(27)39-29)37-31(43)24-15-19-41(20-16-24)33(45)47-35(4,5)6/h7-12,21,23-24,32,44H,13-20H2,1-6H3,(H,36,42)(H,37,43)(H,38,39). The summed E-state index contributed by atoms with van der Waals surface area (Å²) in [4.78, 5) is 49.9. The number of fused-ring (bicyclic) bond motifs is 1. The van der Waals surface area contributed by atoms with Gasteiger partial charge in [0.05, 0.1) is 16.6 Å². The number of aliphatic hydroxyl groups is 1. The second-order valence-electron chi connectivity index (χ2n) is 14.5. The molecular weight excluding hydrogens is 600 g/mol. The molecule has 0 radical (unpaired) electrons. The SMILES string of the molecule is CC(C)(C)OC(=O)N1CCC(C(=O)Nc2ccc3nc(-c4ccc(NC(=O)C5CCN(C(O)OC(C)(C)C)CC5)cc4)[nH]c3c2)CC1. The predicted octanol–water partition coefficient (Wildman–Crippen LogP) is 5.56. The maximum atomic E-state index is 13.0. The molecule has 47 heavy (non-hydrogen) atoms. The van der Waals surface area contributed by atoms with Gasteiger partial charge in [-0.1, -0.05) is 0 Å². The highest BCUT2D eigenvalue weighted by molar-refractivity contribution is 5.95. The van der Waals surface area contributed by atoms with E-state index in [1.54, 1.807) is 4.90 Å². The summed E-state index contributed by atoms with van der Waals surface area (Å²) in [7, 11) is 0. The van der Waals surface area contributed by atoms with Gasteiger partial charge in [-0.15, -0.1) is 0 Å². The van der Waals surface area contributed by atoms with Gasteiger partial charge in [-0.05, 0) is 110 Å². The number of hydrogen-bond acceptors (Lipinski definition) is 8. The highest BCUT2D eigenvalue weighted by atomic mass is 16.6. The topological polar surface area (TPSA) is 149 Å². The Balaban J connectivity index is 1.12. The van der Waals surface area contributed by atoms with Gasteiger partial charge in [-0.25, -0.2) is 9.78 Å². The summed E-state index contributed by atoms with van der Waals surface area (Å²) in [6.45, 7) is 13.4. The number of ether oxygens (including phenoxy) is 2. The van der Waals surface area contributed by atoms with Gasteiger partial charge in [-0.2, -0.15) is 0 Å². The number of piperidine rings is 2. The Labute approximate surface area is 276 Å². The number of anilines is 2. The molecular formula is C35H48N6O6. The minimum atomic E-state index is -0.975. The van der Waals surface area contributed by atoms with Crippen LogP contribution in [0.2, 0.25) is 0 Å². The molecule has 1 unspecified atom stereocenters. The largest absolute Gasteiger partial charge is 0.444 e. The van der Waals surface area contributed by atoms with Crippen molar-refractivity contribution in [3.8, 4) is 11.4 Å². The molecule has 2 aromatic carbocycles. The van der Waals surface area contributed by atoms with Crippen LogP contribution in [0.5, 0.6) is 0 Å². The van der Waals surface area contributed by atoms with Crippen molar-refractivity contribution >= 4 is 40.3 Å². The lowest BCUT2D eigenvalue weighted by molar-refractivity contribution is -0.243. The van der Waals surface area contributed by atoms with Crippen molar-refractivity contribution < 1.29 is 29.0 Å². The van der Waals surface area contributed by atoms with Crippen molar-refractivity contribution in [2.75, 3.05) is 36.8 Å². The summed E-state index contributed by atoms with van der Waals surface area (Å²) in [5.41, 5.74) is 2.80. The Bertz CT molecular complexity index is 1560. The number of aliphatic hydroxyl groups excluding tert-OH is 1. The number of nitrogens with one attached hydrogen (secondary N) is 3. The van der Waals surface area contributed by atoms with E-state index in [1.165, 1.54) is 0 Å². The zero-order valence-electron chi connectivity index (χ0n) is 28.3. The quantitative estimate of drug-likeness (QED) is 0.244. The molecule has 4 N–H and O–H groups in total. The van der Waals surface area contributed by atoms with Crippen LogP contribution in [0.15, 0.2) is 42.5 Å². The van der Waals surface area contributed by atoms with Crippen LogP contribution in [0.1, 0.15) is 67.2 Å². The molecule has 12 nitrogen and oxygen atoms in total. The first kappa shape index (κ1) is 34.3. The summed E-state index contributed by atoms with van der Waals surface area (Å²) in [6.07, 6.45) is 1.13. The number of rotatable bonds is 7. The highest BCUT2D eigenvalue weighted by Crippen LogP contribution is 2.27. The lowest BCUT2D eigenvalue weighted by Crippen LogP contribution is -2.47. The Kier molecular flexibility index (Phi) is 10.2. The maximum Gasteiger partial charge on any atom is 0.410 e. The van der Waals surface area contributed by atoms with Crippen molar-refractivity contribution in [1.82, 2.24) is 19.8 Å². The van der Waals surface area contributed by atoms with Crippen LogP contribution in [0.3, 0.4) is 0 Å². The van der Waals surface area contributed by atoms with E-state index in [0.717, 1.165) is 16.6 Å². The van der Waals surface area contributed by atoms with Crippen molar-refractivity contribution in [3.05, 3.63) is 42.5 Å². The molecule has 2 aliphatic heterocycles. The normalized spacial score (nSPS) is 17.8. The number of aromatic amines is 1. The molecule has 1 atom stereocenters. The fourth-order valence-corrected chi connectivity index (χ4v) is 5.85. The van der Waals surface area contributed by atoms with Gasteiger partial charge in [0, 0.05) is 55.0 Å². The Hall–Kier alpha value is -4.00. The third-order valence-electron chi connectivity index (χ3n) is 8.36. The molecule has 0 saturated carbocycles. The van der Waals surface area contributed by atoms with E-state index in [-0.39, 0.29) is 29.7 Å². The monoisotopic (exact) mass is 648 g/mol. The first-order valence-electron chi connectivity index (χ1n) is 16.4. The summed E-state index contributed by atoms with van der Waals surface area (Å²) in [6, 6.07) is 13.1. The summed E-state index contributed by atoms with van der Waals surface area (Å²) in [5.74, 6) is 0.260. The molecule has 3 amide bonds. The molecule has 3 heterocycles. The number of hydrogen-bond donors (Lipinski definition) is 4. The lowest BCUT2D eigenvalue weighted by Gasteiger charge is -2.36. The van der Waals surface area contributed by atoms with Crippen molar-refractivity contribution in [1.29, 1.82) is 0 Å². The van der Waals surface area contributed by atoms with Gasteiger partial charge in [0.15, 0.2) is 0 Å². The number of H-pyrrole nitrogens is 1. The van der Waals surface area contributed by atoms with Crippen molar-refractivity contribution in [2.24, 2.45) is 11.8 Å². The Morgan fingerprint density at radius 3 is 1.96 bits per heavy atom. The molecule has 2 fully saturated rings. The number of amides is 3. The van der Waals surface area contributed by atoms with E-state index < -0.39 is 17.6 Å². The van der Waals surface area contributed by atoms with Gasteiger partial charge >= 0.3 is 6.09 Å². The average molecular weight is 649 g/mol. The Morgan fingerprint density at radius 1 is 0.830 bits per heavy atom. The summed E-state index contributed by atoms with van der Waals surface area (Å²) >= 11 is 0. The minimum absolute atomic E-state index is 0.0319. The number of benzene rings is 2. The van der Waals surface area contributed by atoms with E-state index in [4.69, 9.17) is 14.5 Å². The van der Waals surface area contributed by atoms with Crippen molar-refractivity contribution in [3.63, 3.8) is 0 Å². The number of carbonyl (C=O) groups is 3. The van der Waals surface area contributed by atoms with Gasteiger partial charge in [0.25, 0.3) is 0 Å². The van der Waals surface area contributed by atoms with Crippen LogP contribution < -0.4 is 10.6 Å². The van der Waals surface area contributed by atoms with E-state index in [0.29, 0.717) is 69.1 Å². The molecule has 3 aromatic rings. The smallest absolute Gasteiger partial charge is 0.410 e. The lowest BCUT2D eigenvalue weighted by atomic mass is 9.96. The predicted molar refractivity (Wildman–Crippen MR) is 180 cm³/mol. The average Bonchev–Trinajstić information content (AvgIpc) is 3.43. The number of aromatic nitrogens is 2. The van der Waals surface area contributed by atoms with Gasteiger partial charge < -0.3 is 35.1 Å². The fourth-order valence-electron chi connectivity index (χ4n) is 5.85. The van der Waals surface area contributed by atoms with Gasteiger partial charge in [-0.3, -0.25) is 14.5 Å². The second-order valence-corrected chi connectivity index (χ2v) is 14.5. The van der Waals surface area contributed by atoms with E-state index in [2.05, 4.69) is 15.6 Å².